The molecule has 0 radical (unpaired) electrons. The topological polar surface area (TPSA) is 54.6 Å². The Morgan fingerprint density at radius 1 is 1.32 bits per heavy atom. The number of carboxylic acids is 1. The number of unbranched alkanes of at least 4 members (excludes halogenated alkanes) is 3. The Balaban J connectivity index is 1.74. The highest BCUT2D eigenvalue weighted by atomic mass is 16.4. The Kier molecular flexibility index (Phi) is 4.72. The van der Waals surface area contributed by atoms with E-state index < -0.39 is 5.97 Å². The second-order valence-corrected chi connectivity index (χ2v) is 4.55. The standard InChI is InChI=1S/C15H18N2O2/c18-15(19)10-5-3-1-2-4-7-13-8-6-9-14-11-16-12-17(13)14/h5-6,8-12H,1-4,7H2,(H,18,19)/b10-5+. The van der Waals surface area contributed by atoms with Crippen LogP contribution in [0.25, 0.3) is 5.52 Å². The van der Waals surface area contributed by atoms with Gasteiger partial charge >= 0.3 is 5.97 Å². The number of allylic oxidation sites excluding steroid dienone is 1. The smallest absolute Gasteiger partial charge is 0.327 e. The van der Waals surface area contributed by atoms with Crippen molar-refractivity contribution in [3.8, 4) is 0 Å². The Labute approximate surface area is 112 Å². The molecule has 0 saturated carbocycles. The van der Waals surface area contributed by atoms with Crippen molar-refractivity contribution >= 4 is 11.5 Å². The molecule has 0 spiro atoms. The molecule has 0 aliphatic rings. The number of aliphatic carboxylic acids is 1. The molecule has 2 aromatic rings. The van der Waals surface area contributed by atoms with E-state index in [-0.39, 0.29) is 0 Å². The van der Waals surface area contributed by atoms with Crippen LogP contribution in [0.15, 0.2) is 42.9 Å². The van der Waals surface area contributed by atoms with E-state index in [1.54, 1.807) is 6.08 Å². The third kappa shape index (κ3) is 3.95. The number of fused-ring (bicyclic) bond motifs is 1. The van der Waals surface area contributed by atoms with Crippen molar-refractivity contribution in [3.05, 3.63) is 48.6 Å². The van der Waals surface area contributed by atoms with E-state index in [9.17, 15) is 4.79 Å². The quantitative estimate of drug-likeness (QED) is 0.613. The van der Waals surface area contributed by atoms with Crippen LogP contribution in [0.4, 0.5) is 0 Å². The van der Waals surface area contributed by atoms with Crippen LogP contribution in [0, 0.1) is 0 Å². The van der Waals surface area contributed by atoms with Gasteiger partial charge in [-0.05, 0) is 37.8 Å². The lowest BCUT2D eigenvalue weighted by Gasteiger charge is -2.04. The molecule has 0 saturated heterocycles. The molecule has 100 valence electrons. The molecule has 0 unspecified atom stereocenters. The average molecular weight is 258 g/mol. The van der Waals surface area contributed by atoms with Crippen LogP contribution in [0.3, 0.4) is 0 Å². The fraction of sp³-hybridized carbons (Fsp3) is 0.333. The third-order valence-electron chi connectivity index (χ3n) is 3.10. The number of pyridine rings is 1. The number of rotatable bonds is 7. The molecule has 19 heavy (non-hydrogen) atoms. The Morgan fingerprint density at radius 3 is 3.05 bits per heavy atom. The van der Waals surface area contributed by atoms with Gasteiger partial charge in [0, 0.05) is 11.8 Å². The lowest BCUT2D eigenvalue weighted by atomic mass is 10.1. The lowest BCUT2D eigenvalue weighted by Crippen LogP contribution is -1.95. The maximum absolute atomic E-state index is 10.3. The Bertz CT molecular complexity index is 572. The van der Waals surface area contributed by atoms with E-state index in [1.165, 1.54) is 11.8 Å². The van der Waals surface area contributed by atoms with Crippen LogP contribution in [-0.4, -0.2) is 20.5 Å². The van der Waals surface area contributed by atoms with Crippen molar-refractivity contribution < 1.29 is 9.90 Å². The third-order valence-corrected chi connectivity index (χ3v) is 3.10. The molecule has 2 rings (SSSR count). The summed E-state index contributed by atoms with van der Waals surface area (Å²) >= 11 is 0. The number of aryl methyl sites for hydroxylation is 1. The van der Waals surface area contributed by atoms with E-state index in [4.69, 9.17) is 5.11 Å². The van der Waals surface area contributed by atoms with E-state index >= 15 is 0 Å². The zero-order chi connectivity index (χ0) is 13.5. The van der Waals surface area contributed by atoms with Crippen molar-refractivity contribution in [3.63, 3.8) is 0 Å². The maximum atomic E-state index is 10.3. The lowest BCUT2D eigenvalue weighted by molar-refractivity contribution is -0.131. The van der Waals surface area contributed by atoms with Gasteiger partial charge in [0.2, 0.25) is 0 Å². The van der Waals surface area contributed by atoms with Gasteiger partial charge in [0.05, 0.1) is 18.0 Å². The van der Waals surface area contributed by atoms with E-state index in [2.05, 4.69) is 21.5 Å². The van der Waals surface area contributed by atoms with E-state index in [0.29, 0.717) is 0 Å². The highest BCUT2D eigenvalue weighted by molar-refractivity contribution is 5.79. The SMILES string of the molecule is O=C(O)/C=C/CCCCCc1cccc2cncn12. The summed E-state index contributed by atoms with van der Waals surface area (Å²) in [7, 11) is 0. The van der Waals surface area contributed by atoms with Crippen molar-refractivity contribution in [1.29, 1.82) is 0 Å². The molecule has 1 N–H and O–H groups in total. The monoisotopic (exact) mass is 258 g/mol. The predicted octanol–water partition coefficient (Wildman–Crippen LogP) is 3.08. The van der Waals surface area contributed by atoms with Crippen LogP contribution in [0.2, 0.25) is 0 Å². The summed E-state index contributed by atoms with van der Waals surface area (Å²) < 4.78 is 2.12. The van der Waals surface area contributed by atoms with Crippen molar-refractivity contribution in [2.45, 2.75) is 32.1 Å². The van der Waals surface area contributed by atoms with Gasteiger partial charge in [-0.25, -0.2) is 9.78 Å². The molecule has 0 aliphatic heterocycles. The minimum atomic E-state index is -0.869. The highest BCUT2D eigenvalue weighted by Gasteiger charge is 1.99. The average Bonchev–Trinajstić information content (AvgIpc) is 2.86. The first-order chi connectivity index (χ1) is 9.27. The number of imidazole rings is 1. The molecule has 0 aliphatic carbocycles. The van der Waals surface area contributed by atoms with E-state index in [1.807, 2.05) is 18.6 Å². The van der Waals surface area contributed by atoms with Gasteiger partial charge in [-0.3, -0.25) is 0 Å². The number of carbonyl (C=O) groups is 1. The van der Waals surface area contributed by atoms with Crippen molar-refractivity contribution in [2.75, 3.05) is 0 Å². The number of nitrogens with zero attached hydrogens (tertiary/aromatic N) is 2. The van der Waals surface area contributed by atoms with Gasteiger partial charge in [0.1, 0.15) is 0 Å². The molecule has 0 amide bonds. The summed E-state index contributed by atoms with van der Waals surface area (Å²) in [5.41, 5.74) is 2.40. The molecule has 4 nitrogen and oxygen atoms in total. The van der Waals surface area contributed by atoms with Crippen LogP contribution in [-0.2, 0) is 11.2 Å². The minimum absolute atomic E-state index is 0.835. The van der Waals surface area contributed by atoms with Crippen LogP contribution >= 0.6 is 0 Å². The normalized spacial score (nSPS) is 11.4. The minimum Gasteiger partial charge on any atom is -0.478 e. The fourth-order valence-electron chi connectivity index (χ4n) is 2.14. The van der Waals surface area contributed by atoms with Crippen molar-refractivity contribution in [1.82, 2.24) is 9.38 Å². The molecule has 0 bridgehead atoms. The van der Waals surface area contributed by atoms with Gasteiger partial charge in [0.25, 0.3) is 0 Å². The van der Waals surface area contributed by atoms with Crippen LogP contribution in [0.1, 0.15) is 31.4 Å². The van der Waals surface area contributed by atoms with Gasteiger partial charge in [-0.1, -0.05) is 18.6 Å². The summed E-state index contributed by atoms with van der Waals surface area (Å²) in [6, 6.07) is 6.23. The first-order valence-electron chi connectivity index (χ1n) is 6.57. The second-order valence-electron chi connectivity index (χ2n) is 4.55. The Morgan fingerprint density at radius 2 is 2.21 bits per heavy atom. The number of carboxylic acid groups (broad SMARTS) is 1. The van der Waals surface area contributed by atoms with Crippen molar-refractivity contribution in [2.24, 2.45) is 0 Å². The molecule has 4 heteroatoms. The first kappa shape index (κ1) is 13.3. The second kappa shape index (κ2) is 6.73. The van der Waals surface area contributed by atoms with Gasteiger partial charge in [-0.2, -0.15) is 0 Å². The van der Waals surface area contributed by atoms with Gasteiger partial charge < -0.3 is 9.51 Å². The van der Waals surface area contributed by atoms with Crippen LogP contribution in [0.5, 0.6) is 0 Å². The first-order valence-corrected chi connectivity index (χ1v) is 6.57. The molecule has 2 heterocycles. The molecule has 2 aromatic heterocycles. The van der Waals surface area contributed by atoms with E-state index in [0.717, 1.165) is 37.6 Å². The predicted molar refractivity (Wildman–Crippen MR) is 74.1 cm³/mol. The zero-order valence-electron chi connectivity index (χ0n) is 10.8. The number of aromatic nitrogens is 2. The molecule has 0 atom stereocenters. The molecule has 0 fully saturated rings. The number of hydrogen-bond donors (Lipinski definition) is 1. The summed E-state index contributed by atoms with van der Waals surface area (Å²) in [6.45, 7) is 0. The summed E-state index contributed by atoms with van der Waals surface area (Å²) in [5.74, 6) is -0.869. The molecular weight excluding hydrogens is 240 g/mol. The maximum Gasteiger partial charge on any atom is 0.327 e. The largest absolute Gasteiger partial charge is 0.478 e. The van der Waals surface area contributed by atoms with Gasteiger partial charge in [-0.15, -0.1) is 0 Å². The molecule has 0 aromatic carbocycles. The Hall–Kier alpha value is -2.10. The zero-order valence-corrected chi connectivity index (χ0v) is 10.8. The van der Waals surface area contributed by atoms with Crippen LogP contribution < -0.4 is 0 Å². The highest BCUT2D eigenvalue weighted by Crippen LogP contribution is 2.11. The summed E-state index contributed by atoms with van der Waals surface area (Å²) in [4.78, 5) is 14.4. The van der Waals surface area contributed by atoms with Gasteiger partial charge in [0.15, 0.2) is 0 Å². The fourth-order valence-corrected chi connectivity index (χ4v) is 2.14. The molecular formula is C15H18N2O2. The number of hydrogen-bond acceptors (Lipinski definition) is 2. The summed E-state index contributed by atoms with van der Waals surface area (Å²) in [6.07, 6.45) is 11.8. The summed E-state index contributed by atoms with van der Waals surface area (Å²) in [5, 5.41) is 8.45.